The molecule has 0 amide bonds. The Kier molecular flexibility index (Phi) is 8.23. The van der Waals surface area contributed by atoms with Crippen molar-refractivity contribution in [2.45, 2.75) is 12.4 Å². The van der Waals surface area contributed by atoms with Gasteiger partial charge in [0.05, 0.1) is 11.0 Å². The fraction of sp³-hybridized carbons (Fsp3) is 0.0714. The summed E-state index contributed by atoms with van der Waals surface area (Å²) in [5.41, 5.74) is 6.65. The van der Waals surface area contributed by atoms with Crippen LogP contribution in [-0.4, -0.2) is 30.8 Å². The summed E-state index contributed by atoms with van der Waals surface area (Å²) >= 11 is -2.65. The van der Waals surface area contributed by atoms with Gasteiger partial charge >= 0.3 is 74.8 Å². The molecule has 0 spiro atoms. The first-order valence-electron chi connectivity index (χ1n) is 11.0. The summed E-state index contributed by atoms with van der Waals surface area (Å²) in [6.07, 6.45) is -7.01. The molecule has 5 rings (SSSR count). The Morgan fingerprint density at radius 1 is 0.538 bits per heavy atom. The average Bonchev–Trinajstić information content (AvgIpc) is 2.92. The number of nitrogens with zero attached hydrogens (tertiary/aromatic N) is 2. The van der Waals surface area contributed by atoms with E-state index < -0.39 is 38.8 Å². The maximum atomic E-state index is 11.3. The zero-order valence-corrected chi connectivity index (χ0v) is 21.1. The van der Waals surface area contributed by atoms with Gasteiger partial charge in [-0.2, -0.15) is 0 Å². The van der Waals surface area contributed by atoms with E-state index in [2.05, 4.69) is 82.8 Å². The number of hydrogen-bond donors (Lipinski definition) is 0. The zero-order chi connectivity index (χ0) is 28.2. The van der Waals surface area contributed by atoms with Crippen molar-refractivity contribution in [1.29, 1.82) is 0 Å². The number of hydrogen-bond acceptors (Lipinski definition) is 4. The average molecular weight is 633 g/mol. The molecular formula is C28H16F6N2O2Pd. The Hall–Kier alpha value is -3.94. The number of halogens is 6. The fourth-order valence-corrected chi connectivity index (χ4v) is 4.48. The van der Waals surface area contributed by atoms with Crippen LogP contribution in [-0.2, 0) is 27.6 Å². The van der Waals surface area contributed by atoms with E-state index in [0.29, 0.717) is 0 Å². The van der Waals surface area contributed by atoms with Crippen LogP contribution in [0.25, 0.3) is 44.1 Å². The van der Waals surface area contributed by atoms with Crippen molar-refractivity contribution in [3.63, 3.8) is 0 Å². The molecule has 4 nitrogen and oxygen atoms in total. The van der Waals surface area contributed by atoms with E-state index in [1.807, 2.05) is 24.5 Å². The van der Waals surface area contributed by atoms with Crippen LogP contribution >= 0.6 is 0 Å². The molecule has 0 aliphatic heterocycles. The van der Waals surface area contributed by atoms with E-state index in [0.717, 1.165) is 21.8 Å². The van der Waals surface area contributed by atoms with Crippen LogP contribution in [0.15, 0.2) is 97.3 Å². The summed E-state index contributed by atoms with van der Waals surface area (Å²) in [7, 11) is 0. The number of carbonyl (C=O) groups is 2. The summed E-state index contributed by atoms with van der Waals surface area (Å²) in [5, 5.41) is 2.26. The van der Waals surface area contributed by atoms with E-state index in [1.165, 1.54) is 22.3 Å². The number of alkyl halides is 6. The third-order valence-electron chi connectivity index (χ3n) is 5.35. The third-order valence-corrected chi connectivity index (χ3v) is 6.93. The topological polar surface area (TPSA) is 59.9 Å². The molecule has 0 unspecified atom stereocenters. The molecule has 3 aromatic carbocycles. The fourth-order valence-electron chi connectivity index (χ4n) is 3.72. The van der Waals surface area contributed by atoms with E-state index in [-0.39, 0.29) is 0 Å². The molecule has 0 N–H and O–H groups in total. The molecule has 0 aliphatic carbocycles. The minimum atomic E-state index is -5.38. The Labute approximate surface area is 225 Å². The van der Waals surface area contributed by atoms with Gasteiger partial charge in [0.15, 0.2) is 0 Å². The quantitative estimate of drug-likeness (QED) is 0.118. The first-order valence-corrected chi connectivity index (χ1v) is 12.6. The van der Waals surface area contributed by atoms with Crippen molar-refractivity contribution >= 4 is 30.3 Å². The second kappa shape index (κ2) is 11.4. The van der Waals surface area contributed by atoms with Crippen LogP contribution in [0.2, 0.25) is 0 Å². The minimum absolute atomic E-state index is 0.946. The minimum Gasteiger partial charge on any atom is -0.254 e. The van der Waals surface area contributed by atoms with Crippen LogP contribution in [0.3, 0.4) is 0 Å². The summed E-state index contributed by atoms with van der Waals surface area (Å²) in [5.74, 6) is 0. The van der Waals surface area contributed by atoms with Gasteiger partial charge in [-0.1, -0.05) is 72.8 Å². The number of fused-ring (bicyclic) bond motifs is 3. The van der Waals surface area contributed by atoms with E-state index >= 15 is 0 Å². The Bertz CT molecular complexity index is 1520. The summed E-state index contributed by atoms with van der Waals surface area (Å²) < 4.78 is 62.7. The second-order valence-corrected chi connectivity index (χ2v) is 9.67. The van der Waals surface area contributed by atoms with Gasteiger partial charge in [-0.05, 0) is 34.4 Å². The molecule has 0 atom stereocenters. The maximum Gasteiger partial charge on any atom is 0.0970 e. The predicted octanol–water partition coefficient (Wildman–Crippen LogP) is 7.36. The Morgan fingerprint density at radius 3 is 1.23 bits per heavy atom. The summed E-state index contributed by atoms with van der Waals surface area (Å²) in [4.78, 5) is 29.1. The van der Waals surface area contributed by atoms with Gasteiger partial charge in [-0.3, -0.25) is 9.97 Å². The molecule has 0 saturated carbocycles. The smallest absolute Gasteiger partial charge is 0.0970 e. The normalized spacial score (nSPS) is 11.7. The van der Waals surface area contributed by atoms with Crippen molar-refractivity contribution in [3.8, 4) is 22.3 Å². The molecule has 2 aromatic heterocycles. The number of pyridine rings is 2. The number of benzene rings is 3. The molecule has 202 valence electrons. The van der Waals surface area contributed by atoms with Crippen LogP contribution in [0.4, 0.5) is 26.3 Å². The first-order chi connectivity index (χ1) is 18.5. The Balaban J connectivity index is 0.000000233. The molecule has 0 radical (unpaired) electrons. The molecule has 0 aliphatic rings. The largest absolute Gasteiger partial charge is 0.254 e. The number of aromatic nitrogens is 2. The van der Waals surface area contributed by atoms with E-state index in [4.69, 9.17) is 0 Å². The van der Waals surface area contributed by atoms with Gasteiger partial charge in [0.1, 0.15) is 0 Å². The summed E-state index contributed by atoms with van der Waals surface area (Å²) in [6.45, 7) is 0. The van der Waals surface area contributed by atoms with Crippen molar-refractivity contribution in [2.24, 2.45) is 0 Å². The zero-order valence-electron chi connectivity index (χ0n) is 19.5. The molecule has 11 heteroatoms. The van der Waals surface area contributed by atoms with Crippen molar-refractivity contribution in [1.82, 2.24) is 9.97 Å². The van der Waals surface area contributed by atoms with Crippen molar-refractivity contribution in [2.75, 3.05) is 0 Å². The molecule has 5 aromatic rings. The number of rotatable bonds is 4. The molecular weight excluding hydrogens is 617 g/mol. The van der Waals surface area contributed by atoms with Gasteiger partial charge < -0.3 is 0 Å². The molecule has 2 heterocycles. The monoisotopic (exact) mass is 632 g/mol. The SMILES string of the molecule is O=[C]([Pd][C](=O)C(F)(F)F)C(F)(F)F.c1ccc(-c2ccnc3c2ccc2c(-c4ccccc4)ccnc23)cc1. The molecule has 0 saturated heterocycles. The Morgan fingerprint density at radius 2 is 0.897 bits per heavy atom. The van der Waals surface area contributed by atoms with Crippen molar-refractivity contribution in [3.05, 3.63) is 97.3 Å². The standard InChI is InChI=1S/C24H16N2.2C2F3O.Pd/c1-3-7-17(8-4-1)19-13-15-25-23-21(19)11-12-22-20(14-16-26-24(22)23)18-9-5-2-6-10-18;2*3-2(4,5)1-6;/h1-16H;;;. The van der Waals surface area contributed by atoms with Crippen molar-refractivity contribution < 1.29 is 53.9 Å². The second-order valence-electron chi connectivity index (χ2n) is 7.87. The van der Waals surface area contributed by atoms with Gasteiger partial charge in [0.25, 0.3) is 0 Å². The number of carbonyl (C=O) groups excluding carboxylic acids is 2. The predicted molar refractivity (Wildman–Crippen MR) is 130 cm³/mol. The van der Waals surface area contributed by atoms with Gasteiger partial charge in [-0.25, -0.2) is 0 Å². The van der Waals surface area contributed by atoms with E-state index in [1.54, 1.807) is 0 Å². The van der Waals surface area contributed by atoms with Crippen LogP contribution in [0, 0.1) is 0 Å². The van der Waals surface area contributed by atoms with Gasteiger partial charge in [0.2, 0.25) is 0 Å². The first kappa shape index (κ1) is 28.1. The molecule has 0 fully saturated rings. The molecule has 0 bridgehead atoms. The van der Waals surface area contributed by atoms with Crippen LogP contribution in [0.5, 0.6) is 0 Å². The van der Waals surface area contributed by atoms with Gasteiger partial charge in [-0.15, -0.1) is 0 Å². The third kappa shape index (κ3) is 6.56. The maximum absolute atomic E-state index is 11.3. The molecule has 39 heavy (non-hydrogen) atoms. The van der Waals surface area contributed by atoms with Gasteiger partial charge in [0, 0.05) is 23.2 Å². The van der Waals surface area contributed by atoms with Crippen LogP contribution in [0.1, 0.15) is 0 Å². The summed E-state index contributed by atoms with van der Waals surface area (Å²) in [6, 6.07) is 29.3. The van der Waals surface area contributed by atoms with E-state index in [9.17, 15) is 35.9 Å². The van der Waals surface area contributed by atoms with Crippen LogP contribution < -0.4 is 0 Å².